The molecule has 0 aromatic carbocycles. The van der Waals surface area contributed by atoms with Crippen molar-refractivity contribution >= 4 is 11.3 Å². The van der Waals surface area contributed by atoms with E-state index in [1.165, 1.54) is 41.5 Å². The molecule has 1 aromatic heterocycles. The molecule has 0 radical (unpaired) electrons. The molecule has 1 aliphatic heterocycles. The van der Waals surface area contributed by atoms with E-state index in [1.54, 1.807) is 11.3 Å². The molecule has 1 fully saturated rings. The summed E-state index contributed by atoms with van der Waals surface area (Å²) in [4.78, 5) is 8.68. The second kappa shape index (κ2) is 7.01. The molecule has 0 aliphatic carbocycles. The van der Waals surface area contributed by atoms with Gasteiger partial charge in [-0.15, -0.1) is 11.3 Å². The first-order valence-electron chi connectivity index (χ1n) is 7.90. The highest BCUT2D eigenvalue weighted by atomic mass is 32.1. The second-order valence-corrected chi connectivity index (χ2v) is 7.77. The fourth-order valence-corrected chi connectivity index (χ4v) is 4.11. The summed E-state index contributed by atoms with van der Waals surface area (Å²) in [6, 6.07) is 1.00. The minimum atomic E-state index is 0.351. The Balaban J connectivity index is 1.93. The molecule has 1 aromatic rings. The lowest BCUT2D eigenvalue weighted by Gasteiger charge is -2.32. The molecule has 114 valence electrons. The monoisotopic (exact) mass is 295 g/mol. The number of thiazole rings is 1. The third-order valence-electron chi connectivity index (χ3n) is 4.36. The first-order chi connectivity index (χ1) is 9.49. The summed E-state index contributed by atoms with van der Waals surface area (Å²) in [7, 11) is 0. The minimum absolute atomic E-state index is 0.351. The number of hydrogen-bond donors (Lipinski definition) is 1. The van der Waals surface area contributed by atoms with Crippen LogP contribution in [-0.4, -0.2) is 35.6 Å². The van der Waals surface area contributed by atoms with Crippen LogP contribution in [0.15, 0.2) is 0 Å². The van der Waals surface area contributed by atoms with Crippen molar-refractivity contribution in [2.75, 3.05) is 19.6 Å². The third-order valence-corrected chi connectivity index (χ3v) is 5.26. The van der Waals surface area contributed by atoms with E-state index in [1.807, 2.05) is 0 Å². The summed E-state index contributed by atoms with van der Waals surface area (Å²) in [5, 5.41) is 4.89. The maximum absolute atomic E-state index is 4.67. The fraction of sp³-hybridized carbons (Fsp3) is 0.812. The first kappa shape index (κ1) is 15.9. The number of nitrogens with one attached hydrogen (secondary N) is 1. The lowest BCUT2D eigenvalue weighted by Crippen LogP contribution is -2.44. The standard InChI is InChI=1S/C16H29N3S/c1-11(2)15(19-8-6-7-9-19)10-17-12(3)16-13(4)20-14(5)18-16/h11-12,15,17H,6-10H2,1-5H3. The quantitative estimate of drug-likeness (QED) is 0.870. The lowest BCUT2D eigenvalue weighted by molar-refractivity contribution is 0.182. The van der Waals surface area contributed by atoms with Crippen molar-refractivity contribution in [3.05, 3.63) is 15.6 Å². The Kier molecular flexibility index (Phi) is 5.58. The van der Waals surface area contributed by atoms with E-state index in [-0.39, 0.29) is 0 Å². The van der Waals surface area contributed by atoms with Crippen molar-refractivity contribution in [3.8, 4) is 0 Å². The van der Waals surface area contributed by atoms with E-state index >= 15 is 0 Å². The van der Waals surface area contributed by atoms with E-state index in [2.05, 4.69) is 49.8 Å². The molecule has 0 spiro atoms. The molecule has 2 rings (SSSR count). The Morgan fingerprint density at radius 1 is 1.20 bits per heavy atom. The molecule has 1 N–H and O–H groups in total. The van der Waals surface area contributed by atoms with Crippen molar-refractivity contribution in [2.24, 2.45) is 5.92 Å². The maximum atomic E-state index is 4.67. The first-order valence-corrected chi connectivity index (χ1v) is 8.72. The van der Waals surface area contributed by atoms with Gasteiger partial charge in [0.05, 0.1) is 10.7 Å². The SMILES string of the molecule is Cc1nc(C(C)NCC(C(C)C)N2CCCC2)c(C)s1. The zero-order chi connectivity index (χ0) is 14.7. The summed E-state index contributed by atoms with van der Waals surface area (Å²) in [5.41, 5.74) is 1.23. The van der Waals surface area contributed by atoms with Gasteiger partial charge in [-0.25, -0.2) is 4.98 Å². The molecular weight excluding hydrogens is 266 g/mol. The number of nitrogens with zero attached hydrogens (tertiary/aromatic N) is 2. The Bertz CT molecular complexity index is 421. The molecular formula is C16H29N3S. The van der Waals surface area contributed by atoms with Gasteiger partial charge in [-0.3, -0.25) is 4.90 Å². The molecule has 0 amide bonds. The van der Waals surface area contributed by atoms with Gasteiger partial charge >= 0.3 is 0 Å². The van der Waals surface area contributed by atoms with E-state index in [0.717, 1.165) is 6.54 Å². The maximum Gasteiger partial charge on any atom is 0.0900 e. The Morgan fingerprint density at radius 2 is 1.85 bits per heavy atom. The molecule has 0 saturated carbocycles. The molecule has 1 aliphatic rings. The zero-order valence-electron chi connectivity index (χ0n) is 13.6. The Morgan fingerprint density at radius 3 is 2.35 bits per heavy atom. The molecule has 20 heavy (non-hydrogen) atoms. The summed E-state index contributed by atoms with van der Waals surface area (Å²) >= 11 is 1.80. The normalized spacial score (nSPS) is 19.7. The zero-order valence-corrected chi connectivity index (χ0v) is 14.4. The summed E-state index contributed by atoms with van der Waals surface area (Å²) < 4.78 is 0. The number of likely N-dealkylation sites (tertiary alicyclic amines) is 1. The van der Waals surface area contributed by atoms with Gasteiger partial charge in [0, 0.05) is 23.5 Å². The highest BCUT2D eigenvalue weighted by Crippen LogP contribution is 2.23. The molecule has 2 unspecified atom stereocenters. The summed E-state index contributed by atoms with van der Waals surface area (Å²) in [6.07, 6.45) is 2.73. The topological polar surface area (TPSA) is 28.2 Å². The van der Waals surface area contributed by atoms with Crippen molar-refractivity contribution < 1.29 is 0 Å². The van der Waals surface area contributed by atoms with Crippen LogP contribution in [0.5, 0.6) is 0 Å². The summed E-state index contributed by atoms with van der Waals surface area (Å²) in [6.45, 7) is 14.8. The highest BCUT2D eigenvalue weighted by molar-refractivity contribution is 7.11. The number of aromatic nitrogens is 1. The van der Waals surface area contributed by atoms with Crippen LogP contribution in [0, 0.1) is 19.8 Å². The molecule has 1 saturated heterocycles. The smallest absolute Gasteiger partial charge is 0.0900 e. The van der Waals surface area contributed by atoms with Crippen LogP contribution in [0.1, 0.15) is 55.2 Å². The van der Waals surface area contributed by atoms with Gasteiger partial charge in [-0.05, 0) is 52.6 Å². The fourth-order valence-electron chi connectivity index (χ4n) is 3.20. The van der Waals surface area contributed by atoms with Gasteiger partial charge in [-0.1, -0.05) is 13.8 Å². The molecule has 3 nitrogen and oxygen atoms in total. The van der Waals surface area contributed by atoms with E-state index in [0.29, 0.717) is 18.0 Å². The van der Waals surface area contributed by atoms with E-state index in [4.69, 9.17) is 0 Å². The molecule has 0 bridgehead atoms. The highest BCUT2D eigenvalue weighted by Gasteiger charge is 2.25. The van der Waals surface area contributed by atoms with Gasteiger partial charge in [-0.2, -0.15) is 0 Å². The van der Waals surface area contributed by atoms with Crippen molar-refractivity contribution in [1.29, 1.82) is 0 Å². The van der Waals surface area contributed by atoms with Crippen LogP contribution in [-0.2, 0) is 0 Å². The van der Waals surface area contributed by atoms with Crippen LogP contribution >= 0.6 is 11.3 Å². The average molecular weight is 295 g/mol. The minimum Gasteiger partial charge on any atom is -0.307 e. The van der Waals surface area contributed by atoms with Gasteiger partial charge < -0.3 is 5.32 Å². The van der Waals surface area contributed by atoms with Gasteiger partial charge in [0.15, 0.2) is 0 Å². The van der Waals surface area contributed by atoms with Crippen LogP contribution in [0.4, 0.5) is 0 Å². The predicted octanol–water partition coefficient (Wildman–Crippen LogP) is 3.53. The molecule has 2 atom stereocenters. The van der Waals surface area contributed by atoms with Crippen molar-refractivity contribution in [3.63, 3.8) is 0 Å². The Hall–Kier alpha value is -0.450. The van der Waals surface area contributed by atoms with E-state index in [9.17, 15) is 0 Å². The average Bonchev–Trinajstić information content (AvgIpc) is 2.99. The predicted molar refractivity (Wildman–Crippen MR) is 87.4 cm³/mol. The number of rotatable bonds is 6. The van der Waals surface area contributed by atoms with Crippen molar-refractivity contribution in [2.45, 2.75) is 59.5 Å². The van der Waals surface area contributed by atoms with Gasteiger partial charge in [0.25, 0.3) is 0 Å². The van der Waals surface area contributed by atoms with Crippen LogP contribution < -0.4 is 5.32 Å². The van der Waals surface area contributed by atoms with Crippen LogP contribution in [0.3, 0.4) is 0 Å². The number of aryl methyl sites for hydroxylation is 2. The number of hydrogen-bond acceptors (Lipinski definition) is 4. The van der Waals surface area contributed by atoms with E-state index < -0.39 is 0 Å². The van der Waals surface area contributed by atoms with Gasteiger partial charge in [0.2, 0.25) is 0 Å². The Labute approximate surface area is 127 Å². The molecule has 4 heteroatoms. The van der Waals surface area contributed by atoms with Crippen molar-refractivity contribution in [1.82, 2.24) is 15.2 Å². The van der Waals surface area contributed by atoms with Gasteiger partial charge in [0.1, 0.15) is 0 Å². The lowest BCUT2D eigenvalue weighted by atomic mass is 10.0. The largest absolute Gasteiger partial charge is 0.307 e. The third kappa shape index (κ3) is 3.80. The molecule has 2 heterocycles. The summed E-state index contributed by atoms with van der Waals surface area (Å²) in [5.74, 6) is 0.700. The second-order valence-electron chi connectivity index (χ2n) is 6.36. The van der Waals surface area contributed by atoms with Crippen LogP contribution in [0.2, 0.25) is 0 Å². The van der Waals surface area contributed by atoms with Crippen LogP contribution in [0.25, 0.3) is 0 Å².